The Kier molecular flexibility index (Phi) is 17.4. The minimum absolute atomic E-state index is 0.0678. The first-order chi connectivity index (χ1) is 15.5. The maximum Gasteiger partial charge on any atom is 0.335 e. The monoisotopic (exact) mass is 478 g/mol. The van der Waals surface area contributed by atoms with Crippen molar-refractivity contribution < 1.29 is 42.7 Å². The van der Waals surface area contributed by atoms with Gasteiger partial charge in [-0.25, -0.2) is 9.59 Å². The summed E-state index contributed by atoms with van der Waals surface area (Å²) in [7, 11) is 0. The fourth-order valence-corrected chi connectivity index (χ4v) is 2.93. The van der Waals surface area contributed by atoms with Crippen LogP contribution in [0.4, 0.5) is 0 Å². The highest BCUT2D eigenvalue weighted by atomic mass is 16.6. The van der Waals surface area contributed by atoms with Crippen molar-refractivity contribution in [3.8, 4) is 0 Å². The van der Waals surface area contributed by atoms with E-state index in [2.05, 4.69) is 0 Å². The second-order valence-corrected chi connectivity index (χ2v) is 8.49. The van der Waals surface area contributed by atoms with Crippen molar-refractivity contribution in [3.05, 3.63) is 0 Å². The Labute approximate surface area is 199 Å². The fraction of sp³-hybridized carbons (Fsp3) is 0.917. The Bertz CT molecular complexity index is 526. The Morgan fingerprint density at radius 1 is 0.636 bits per heavy atom. The van der Waals surface area contributed by atoms with Crippen LogP contribution in [-0.4, -0.2) is 87.7 Å². The molecule has 0 aromatic heterocycles. The molecule has 0 rings (SSSR count). The lowest BCUT2D eigenvalue weighted by molar-refractivity contribution is -0.169. The van der Waals surface area contributed by atoms with Gasteiger partial charge in [-0.2, -0.15) is 0 Å². The van der Waals surface area contributed by atoms with Crippen LogP contribution in [0.3, 0.4) is 0 Å². The van der Waals surface area contributed by atoms with Gasteiger partial charge in [0.05, 0.1) is 43.7 Å². The van der Waals surface area contributed by atoms with Gasteiger partial charge >= 0.3 is 11.9 Å². The third kappa shape index (κ3) is 16.1. The Hall–Kier alpha value is -1.26. The average Bonchev–Trinajstić information content (AvgIpc) is 2.73. The molecule has 0 saturated heterocycles. The summed E-state index contributed by atoms with van der Waals surface area (Å²) in [5, 5.41) is 0. The van der Waals surface area contributed by atoms with E-state index in [4.69, 9.17) is 33.2 Å². The molecule has 0 aliphatic rings. The predicted molar refractivity (Wildman–Crippen MR) is 124 cm³/mol. The SMILES string of the molecule is CCOC(C)COC(=O)C(C)OC(C)COCC(C)OC(CC)C(=O)OCC(C)OC(C)C. The van der Waals surface area contributed by atoms with Crippen molar-refractivity contribution in [3.63, 3.8) is 0 Å². The number of esters is 2. The normalized spacial score (nSPS) is 17.2. The topological polar surface area (TPSA) is 98.8 Å². The smallest absolute Gasteiger partial charge is 0.335 e. The van der Waals surface area contributed by atoms with Gasteiger partial charge in [-0.1, -0.05) is 6.92 Å². The molecule has 0 spiro atoms. The van der Waals surface area contributed by atoms with Gasteiger partial charge in [0.25, 0.3) is 0 Å². The Morgan fingerprint density at radius 2 is 1.15 bits per heavy atom. The molecule has 0 heterocycles. The zero-order valence-electron chi connectivity index (χ0n) is 22.0. The molecule has 0 radical (unpaired) electrons. The van der Waals surface area contributed by atoms with Crippen LogP contribution in [0.25, 0.3) is 0 Å². The van der Waals surface area contributed by atoms with Gasteiger partial charge in [0.15, 0.2) is 12.2 Å². The maximum atomic E-state index is 12.3. The molecule has 0 saturated carbocycles. The van der Waals surface area contributed by atoms with Gasteiger partial charge in [0.2, 0.25) is 0 Å². The van der Waals surface area contributed by atoms with Crippen LogP contribution >= 0.6 is 0 Å². The minimum atomic E-state index is -0.715. The van der Waals surface area contributed by atoms with E-state index in [0.717, 1.165) is 0 Å². The first-order valence-electron chi connectivity index (χ1n) is 12.0. The lowest BCUT2D eigenvalue weighted by Crippen LogP contribution is -2.34. The van der Waals surface area contributed by atoms with E-state index >= 15 is 0 Å². The van der Waals surface area contributed by atoms with E-state index < -0.39 is 24.1 Å². The lowest BCUT2D eigenvalue weighted by atomic mass is 10.2. The molecule has 196 valence electrons. The van der Waals surface area contributed by atoms with Crippen LogP contribution in [0.2, 0.25) is 0 Å². The summed E-state index contributed by atoms with van der Waals surface area (Å²) in [5.74, 6) is -0.853. The first-order valence-corrected chi connectivity index (χ1v) is 12.0. The van der Waals surface area contributed by atoms with Crippen LogP contribution < -0.4 is 0 Å². The van der Waals surface area contributed by atoms with Crippen molar-refractivity contribution in [1.29, 1.82) is 0 Å². The molecule has 0 amide bonds. The third-order valence-corrected chi connectivity index (χ3v) is 4.38. The van der Waals surface area contributed by atoms with E-state index in [1.165, 1.54) is 0 Å². The zero-order chi connectivity index (χ0) is 25.4. The molecule has 0 bridgehead atoms. The van der Waals surface area contributed by atoms with Crippen LogP contribution in [0, 0.1) is 0 Å². The highest BCUT2D eigenvalue weighted by Crippen LogP contribution is 2.09. The summed E-state index contributed by atoms with van der Waals surface area (Å²) in [6, 6.07) is 0. The van der Waals surface area contributed by atoms with Crippen molar-refractivity contribution in [2.75, 3.05) is 33.0 Å². The molecule has 9 heteroatoms. The minimum Gasteiger partial charge on any atom is -0.461 e. The fourth-order valence-electron chi connectivity index (χ4n) is 2.93. The van der Waals surface area contributed by atoms with Gasteiger partial charge in [0, 0.05) is 6.61 Å². The van der Waals surface area contributed by atoms with Gasteiger partial charge in [-0.15, -0.1) is 0 Å². The quantitative estimate of drug-likeness (QED) is 0.259. The van der Waals surface area contributed by atoms with Gasteiger partial charge in [-0.05, 0) is 61.8 Å². The summed E-state index contributed by atoms with van der Waals surface area (Å²) in [5.41, 5.74) is 0. The second-order valence-electron chi connectivity index (χ2n) is 8.49. The highest BCUT2D eigenvalue weighted by Gasteiger charge is 2.23. The van der Waals surface area contributed by atoms with Gasteiger partial charge < -0.3 is 33.2 Å². The summed E-state index contributed by atoms with van der Waals surface area (Å²) < 4.78 is 38.5. The molecule has 0 fully saturated rings. The molecular weight excluding hydrogens is 432 g/mol. The maximum absolute atomic E-state index is 12.3. The number of rotatable bonds is 19. The number of ether oxygens (including phenoxy) is 7. The summed E-state index contributed by atoms with van der Waals surface area (Å²) in [6.45, 7) is 18.1. The summed E-state index contributed by atoms with van der Waals surface area (Å²) in [6.07, 6.45) is -1.80. The summed E-state index contributed by atoms with van der Waals surface area (Å²) in [4.78, 5) is 24.3. The van der Waals surface area contributed by atoms with Crippen LogP contribution in [0.1, 0.15) is 68.7 Å². The van der Waals surface area contributed by atoms with E-state index in [-0.39, 0.29) is 56.9 Å². The molecule has 33 heavy (non-hydrogen) atoms. The Morgan fingerprint density at radius 3 is 1.70 bits per heavy atom. The molecular formula is C24H46O9. The largest absolute Gasteiger partial charge is 0.461 e. The molecule has 6 atom stereocenters. The molecule has 0 aliphatic heterocycles. The van der Waals surface area contributed by atoms with Gasteiger partial charge in [0.1, 0.15) is 13.2 Å². The van der Waals surface area contributed by atoms with E-state index in [0.29, 0.717) is 13.0 Å². The third-order valence-electron chi connectivity index (χ3n) is 4.38. The van der Waals surface area contributed by atoms with Gasteiger partial charge in [-0.3, -0.25) is 0 Å². The predicted octanol–water partition coefficient (Wildman–Crippen LogP) is 3.31. The zero-order valence-corrected chi connectivity index (χ0v) is 22.0. The number of carbonyl (C=O) groups is 2. The molecule has 0 aliphatic carbocycles. The number of hydrogen-bond acceptors (Lipinski definition) is 9. The molecule has 0 N–H and O–H groups in total. The van der Waals surface area contributed by atoms with E-state index in [1.54, 1.807) is 6.92 Å². The van der Waals surface area contributed by atoms with Crippen LogP contribution in [0.15, 0.2) is 0 Å². The molecule has 0 aromatic rings. The standard InChI is InChI=1S/C24H46O9/c1-10-22(24(26)30-15-20(8)31-16(3)4)33-19(7)13-27-12-18(6)32-21(9)23(25)29-14-17(5)28-11-2/h16-22H,10-15H2,1-9H3. The Balaban J connectivity index is 4.20. The molecule has 6 unspecified atom stereocenters. The van der Waals surface area contributed by atoms with E-state index in [1.807, 2.05) is 55.4 Å². The molecule has 0 aromatic carbocycles. The van der Waals surface area contributed by atoms with Crippen molar-refractivity contribution in [2.24, 2.45) is 0 Å². The van der Waals surface area contributed by atoms with Crippen LogP contribution in [-0.2, 0) is 42.7 Å². The average molecular weight is 479 g/mol. The van der Waals surface area contributed by atoms with Crippen LogP contribution in [0.5, 0.6) is 0 Å². The number of carbonyl (C=O) groups excluding carboxylic acids is 2. The highest BCUT2D eigenvalue weighted by molar-refractivity contribution is 5.74. The van der Waals surface area contributed by atoms with E-state index in [9.17, 15) is 9.59 Å². The summed E-state index contributed by atoms with van der Waals surface area (Å²) >= 11 is 0. The first kappa shape index (κ1) is 31.7. The van der Waals surface area contributed by atoms with Crippen molar-refractivity contribution >= 4 is 11.9 Å². The number of hydrogen-bond donors (Lipinski definition) is 0. The second kappa shape index (κ2) is 18.1. The lowest BCUT2D eigenvalue weighted by Gasteiger charge is -2.23. The van der Waals surface area contributed by atoms with Crippen molar-refractivity contribution in [1.82, 2.24) is 0 Å². The molecule has 9 nitrogen and oxygen atoms in total. The van der Waals surface area contributed by atoms with Crippen molar-refractivity contribution in [2.45, 2.75) is 111 Å².